The highest BCUT2D eigenvalue weighted by Crippen LogP contribution is 2.49. The van der Waals surface area contributed by atoms with Crippen molar-refractivity contribution in [3.05, 3.63) is 182 Å². The van der Waals surface area contributed by atoms with Crippen LogP contribution >= 0.6 is 11.3 Å². The Balaban J connectivity index is 1.15. The summed E-state index contributed by atoms with van der Waals surface area (Å²) in [7, 11) is 0. The number of thiophene rings is 1. The van der Waals surface area contributed by atoms with Crippen LogP contribution < -0.4 is 4.90 Å². The topological polar surface area (TPSA) is 21.3 Å². The Bertz CT molecular complexity index is 3130. The van der Waals surface area contributed by atoms with Gasteiger partial charge in [0.15, 0.2) is 0 Å². The van der Waals surface area contributed by atoms with E-state index in [-0.39, 0.29) is 0 Å². The zero-order valence-corrected chi connectivity index (χ0v) is 28.8. The molecule has 0 bridgehead atoms. The van der Waals surface area contributed by atoms with Crippen LogP contribution in [0.25, 0.3) is 80.7 Å². The van der Waals surface area contributed by atoms with Gasteiger partial charge in [-0.1, -0.05) is 121 Å². The molecule has 0 N–H and O–H groups in total. The Kier molecular flexibility index (Phi) is 6.42. The predicted octanol–water partition coefficient (Wildman–Crippen LogP) is 14.2. The number of hydrogen-bond donors (Lipinski definition) is 0. The Morgan fingerprint density at radius 1 is 0.462 bits per heavy atom. The molecule has 244 valence electrons. The van der Waals surface area contributed by atoms with E-state index in [1.54, 1.807) is 0 Å². The normalized spacial score (nSPS) is 11.8. The summed E-state index contributed by atoms with van der Waals surface area (Å²) < 4.78 is 11.4. The molecular formula is C48H30N2OS. The van der Waals surface area contributed by atoms with E-state index in [2.05, 4.69) is 179 Å². The van der Waals surface area contributed by atoms with Crippen LogP contribution in [0.3, 0.4) is 0 Å². The predicted molar refractivity (Wildman–Crippen MR) is 221 cm³/mol. The lowest BCUT2D eigenvalue weighted by atomic mass is 9.98. The summed E-state index contributed by atoms with van der Waals surface area (Å²) in [5, 5.41) is 7.25. The monoisotopic (exact) mass is 682 g/mol. The molecule has 3 nitrogen and oxygen atoms in total. The third-order valence-corrected chi connectivity index (χ3v) is 11.6. The molecule has 3 aromatic heterocycles. The highest BCUT2D eigenvalue weighted by molar-refractivity contribution is 7.27. The lowest BCUT2D eigenvalue weighted by Crippen LogP contribution is -2.10. The van der Waals surface area contributed by atoms with Crippen LogP contribution in [0.2, 0.25) is 0 Å². The van der Waals surface area contributed by atoms with Crippen molar-refractivity contribution in [1.29, 1.82) is 0 Å². The first-order valence-electron chi connectivity index (χ1n) is 17.6. The molecule has 8 aromatic carbocycles. The molecule has 0 radical (unpaired) electrons. The molecule has 0 fully saturated rings. The number of para-hydroxylation sites is 3. The summed E-state index contributed by atoms with van der Waals surface area (Å²) >= 11 is 1.87. The smallest absolute Gasteiger partial charge is 0.137 e. The van der Waals surface area contributed by atoms with Gasteiger partial charge in [0.1, 0.15) is 11.2 Å². The number of benzene rings is 8. The quantitative estimate of drug-likeness (QED) is 0.180. The second kappa shape index (κ2) is 11.5. The fourth-order valence-corrected chi connectivity index (χ4v) is 9.37. The zero-order valence-electron chi connectivity index (χ0n) is 28.0. The Hall–Kier alpha value is -6.62. The first-order valence-corrected chi connectivity index (χ1v) is 18.4. The molecule has 4 heteroatoms. The van der Waals surface area contributed by atoms with Gasteiger partial charge >= 0.3 is 0 Å². The third-order valence-electron chi connectivity index (χ3n) is 10.4. The fraction of sp³-hybridized carbons (Fsp3) is 0. The van der Waals surface area contributed by atoms with Crippen LogP contribution in [0.5, 0.6) is 0 Å². The van der Waals surface area contributed by atoms with Gasteiger partial charge in [0.2, 0.25) is 0 Å². The summed E-state index contributed by atoms with van der Waals surface area (Å²) in [5.41, 5.74) is 11.1. The van der Waals surface area contributed by atoms with Gasteiger partial charge in [-0.15, -0.1) is 11.3 Å². The number of rotatable bonds is 5. The molecule has 11 rings (SSSR count). The minimum absolute atomic E-state index is 0.876. The summed E-state index contributed by atoms with van der Waals surface area (Å²) in [5.74, 6) is 0. The standard InChI is InChI=1S/C48H30N2OS/c1-2-14-33(15-3-1)50-42-21-8-6-18-40(42)48-46(50)41-20-11-22-43(47(41)52-48)49(35-28-29-39-38-17-7-9-23-44(38)51-45(39)30-35)34-26-24-32(25-27-34)37-19-10-13-31-12-4-5-16-36(31)37/h1-30H. The van der Waals surface area contributed by atoms with E-state index in [0.717, 1.165) is 44.7 Å². The molecule has 0 aliphatic heterocycles. The minimum Gasteiger partial charge on any atom is -0.456 e. The highest BCUT2D eigenvalue weighted by atomic mass is 32.1. The molecule has 0 unspecified atom stereocenters. The molecule has 0 aliphatic rings. The van der Waals surface area contributed by atoms with Crippen molar-refractivity contribution in [3.63, 3.8) is 0 Å². The van der Waals surface area contributed by atoms with Crippen LogP contribution in [0.4, 0.5) is 17.1 Å². The van der Waals surface area contributed by atoms with Gasteiger partial charge in [-0.3, -0.25) is 0 Å². The minimum atomic E-state index is 0.876. The van der Waals surface area contributed by atoms with E-state index < -0.39 is 0 Å². The van der Waals surface area contributed by atoms with E-state index in [4.69, 9.17) is 4.42 Å². The average Bonchev–Trinajstić information content (AvgIpc) is 3.88. The summed E-state index contributed by atoms with van der Waals surface area (Å²) in [6.07, 6.45) is 0. The number of nitrogens with zero attached hydrogens (tertiary/aromatic N) is 2. The van der Waals surface area contributed by atoms with Gasteiger partial charge in [-0.2, -0.15) is 0 Å². The van der Waals surface area contributed by atoms with Gasteiger partial charge in [-0.25, -0.2) is 0 Å². The molecule has 0 saturated carbocycles. The Morgan fingerprint density at radius 3 is 2.02 bits per heavy atom. The Labute approximate surface area is 303 Å². The molecule has 0 aliphatic carbocycles. The van der Waals surface area contributed by atoms with Gasteiger partial charge in [0.25, 0.3) is 0 Å². The van der Waals surface area contributed by atoms with Crippen molar-refractivity contribution in [2.45, 2.75) is 0 Å². The van der Waals surface area contributed by atoms with Crippen molar-refractivity contribution < 1.29 is 4.42 Å². The van der Waals surface area contributed by atoms with Gasteiger partial charge in [-0.05, 0) is 76.5 Å². The summed E-state index contributed by atoms with van der Waals surface area (Å²) in [4.78, 5) is 2.40. The number of furan rings is 1. The van der Waals surface area contributed by atoms with Crippen molar-refractivity contribution in [3.8, 4) is 16.8 Å². The second-order valence-electron chi connectivity index (χ2n) is 13.3. The molecule has 52 heavy (non-hydrogen) atoms. The Morgan fingerprint density at radius 2 is 1.13 bits per heavy atom. The maximum Gasteiger partial charge on any atom is 0.137 e. The fourth-order valence-electron chi connectivity index (χ4n) is 8.05. The van der Waals surface area contributed by atoms with E-state index in [1.807, 2.05) is 23.5 Å². The lowest BCUT2D eigenvalue weighted by molar-refractivity contribution is 0.669. The zero-order chi connectivity index (χ0) is 34.2. The van der Waals surface area contributed by atoms with Crippen LogP contribution in [-0.4, -0.2) is 4.57 Å². The van der Waals surface area contributed by atoms with Crippen molar-refractivity contribution in [1.82, 2.24) is 4.57 Å². The van der Waals surface area contributed by atoms with Crippen molar-refractivity contribution >= 4 is 92.3 Å². The molecule has 0 atom stereocenters. The maximum absolute atomic E-state index is 6.44. The van der Waals surface area contributed by atoms with Gasteiger partial charge in [0.05, 0.1) is 26.1 Å². The first-order chi connectivity index (χ1) is 25.8. The molecule has 3 heterocycles. The maximum atomic E-state index is 6.44. The SMILES string of the molecule is c1ccc(-n2c3ccccc3c3sc4c(N(c5ccc(-c6cccc7ccccc67)cc5)c5ccc6c(c5)oc5ccccc56)cccc4c32)cc1. The summed E-state index contributed by atoms with van der Waals surface area (Å²) in [6.45, 7) is 0. The molecule has 0 spiro atoms. The number of aromatic nitrogens is 1. The average molecular weight is 683 g/mol. The van der Waals surface area contributed by atoms with Crippen LogP contribution in [0, 0.1) is 0 Å². The number of anilines is 3. The molecule has 11 aromatic rings. The van der Waals surface area contributed by atoms with Crippen molar-refractivity contribution in [2.75, 3.05) is 4.90 Å². The lowest BCUT2D eigenvalue weighted by Gasteiger charge is -2.26. The molecule has 0 amide bonds. The van der Waals surface area contributed by atoms with Crippen LogP contribution in [0.1, 0.15) is 0 Å². The van der Waals surface area contributed by atoms with Crippen LogP contribution in [-0.2, 0) is 0 Å². The molecular weight excluding hydrogens is 653 g/mol. The van der Waals surface area contributed by atoms with E-state index in [0.29, 0.717) is 0 Å². The van der Waals surface area contributed by atoms with E-state index in [9.17, 15) is 0 Å². The number of fused-ring (bicyclic) bond motifs is 9. The third kappa shape index (κ3) is 4.38. The molecule has 0 saturated heterocycles. The number of hydrogen-bond acceptors (Lipinski definition) is 3. The largest absolute Gasteiger partial charge is 0.456 e. The second-order valence-corrected chi connectivity index (χ2v) is 14.3. The first kappa shape index (κ1) is 29.1. The summed E-state index contributed by atoms with van der Waals surface area (Å²) in [6, 6.07) is 65.3. The van der Waals surface area contributed by atoms with Gasteiger partial charge < -0.3 is 13.9 Å². The highest BCUT2D eigenvalue weighted by Gasteiger charge is 2.23. The van der Waals surface area contributed by atoms with E-state index in [1.165, 1.54) is 53.1 Å². The van der Waals surface area contributed by atoms with Crippen LogP contribution in [0.15, 0.2) is 186 Å². The van der Waals surface area contributed by atoms with Gasteiger partial charge in [0, 0.05) is 44.7 Å². The van der Waals surface area contributed by atoms with E-state index >= 15 is 0 Å². The van der Waals surface area contributed by atoms with Crippen molar-refractivity contribution in [2.24, 2.45) is 0 Å².